The molecule has 7 N–H and O–H groups in total. The van der Waals surface area contributed by atoms with Crippen LogP contribution >= 0.6 is 11.3 Å². The number of carbonyl (C=O) groups is 3. The minimum absolute atomic E-state index is 0.0288. The van der Waals surface area contributed by atoms with Gasteiger partial charge in [-0.1, -0.05) is 30.3 Å². The van der Waals surface area contributed by atoms with Crippen molar-refractivity contribution in [3.05, 3.63) is 35.2 Å². The number of primary amides is 2. The molecule has 0 unspecified atom stereocenters. The predicted octanol–water partition coefficient (Wildman–Crippen LogP) is 1.47. The van der Waals surface area contributed by atoms with E-state index < -0.39 is 12.0 Å². The molecule has 0 saturated carbocycles. The van der Waals surface area contributed by atoms with E-state index in [1.165, 1.54) is 0 Å². The average molecular weight is 391 g/mol. The summed E-state index contributed by atoms with van der Waals surface area (Å²) in [5.41, 5.74) is 10.8. The van der Waals surface area contributed by atoms with E-state index in [4.69, 9.17) is 16.6 Å². The molecule has 0 bridgehead atoms. The van der Waals surface area contributed by atoms with Crippen LogP contribution in [0.25, 0.3) is 10.6 Å². The molecule has 9 nitrogen and oxygen atoms in total. The number of hydrogen-bond donors (Lipinski definition) is 5. The van der Waals surface area contributed by atoms with Crippen LogP contribution in [-0.4, -0.2) is 41.1 Å². The summed E-state index contributed by atoms with van der Waals surface area (Å²) in [6, 6.07) is 8.24. The Kier molecular flexibility index (Phi) is 7.26. The number of nitrogens with one attached hydrogen (secondary N) is 2. The van der Waals surface area contributed by atoms with Crippen LogP contribution in [-0.2, 0) is 4.79 Å². The van der Waals surface area contributed by atoms with Crippen molar-refractivity contribution in [1.29, 1.82) is 0 Å². The van der Waals surface area contributed by atoms with Crippen LogP contribution in [0.3, 0.4) is 0 Å². The number of hydrogen-bond acceptors (Lipinski definition) is 6. The van der Waals surface area contributed by atoms with Crippen LogP contribution in [0.15, 0.2) is 30.3 Å². The SMILES string of the molecule is NC(=O)Nc1nc(-c2ccccc2)sc1C(=O)O.NC(=O)[C@H]1CCCNC1. The van der Waals surface area contributed by atoms with Gasteiger partial charge in [0.2, 0.25) is 5.91 Å². The first-order chi connectivity index (χ1) is 12.9. The van der Waals surface area contributed by atoms with Crippen molar-refractivity contribution in [1.82, 2.24) is 10.3 Å². The predicted molar refractivity (Wildman–Crippen MR) is 103 cm³/mol. The van der Waals surface area contributed by atoms with E-state index >= 15 is 0 Å². The van der Waals surface area contributed by atoms with E-state index in [9.17, 15) is 14.4 Å². The van der Waals surface area contributed by atoms with Gasteiger partial charge in [0.25, 0.3) is 0 Å². The van der Waals surface area contributed by atoms with Crippen LogP contribution < -0.4 is 22.1 Å². The molecule has 2 heterocycles. The van der Waals surface area contributed by atoms with Gasteiger partial charge >= 0.3 is 12.0 Å². The molecule has 0 spiro atoms. The Morgan fingerprint density at radius 2 is 1.93 bits per heavy atom. The molecule has 1 aromatic carbocycles. The molecule has 3 rings (SSSR count). The van der Waals surface area contributed by atoms with Crippen molar-refractivity contribution in [2.45, 2.75) is 12.8 Å². The molecule has 0 radical (unpaired) electrons. The Bertz CT molecular complexity index is 803. The standard InChI is InChI=1S/C11H9N3O3S.C6H12N2O/c12-11(17)14-8-7(10(15)16)18-9(13-8)6-4-2-1-3-5-6;7-6(9)5-2-1-3-8-4-5/h1-5H,(H,15,16)(H3,12,14,17);5,8H,1-4H2,(H2,7,9)/t;5-/m.0/s1. The van der Waals surface area contributed by atoms with Crippen molar-refractivity contribution in [2.24, 2.45) is 17.4 Å². The number of amides is 3. The number of aromatic nitrogens is 1. The zero-order valence-electron chi connectivity index (χ0n) is 14.5. The quantitative estimate of drug-likeness (QED) is 0.530. The molecule has 1 aliphatic heterocycles. The Morgan fingerprint density at radius 1 is 1.22 bits per heavy atom. The lowest BCUT2D eigenvalue weighted by Gasteiger charge is -2.18. The molecule has 10 heteroatoms. The molecule has 3 amide bonds. The molecule has 1 aliphatic rings. The minimum Gasteiger partial charge on any atom is -0.477 e. The van der Waals surface area contributed by atoms with Gasteiger partial charge in [0, 0.05) is 12.1 Å². The number of thiazole rings is 1. The molecule has 1 atom stereocenters. The Hall–Kier alpha value is -2.98. The van der Waals surface area contributed by atoms with Crippen LogP contribution in [0.1, 0.15) is 22.5 Å². The summed E-state index contributed by atoms with van der Waals surface area (Å²) in [6.45, 7) is 1.80. The molecular weight excluding hydrogens is 370 g/mol. The number of carbonyl (C=O) groups excluding carboxylic acids is 2. The van der Waals surface area contributed by atoms with Gasteiger partial charge < -0.3 is 21.9 Å². The van der Waals surface area contributed by atoms with Gasteiger partial charge in [0.15, 0.2) is 10.7 Å². The molecule has 1 fully saturated rings. The Labute approximate surface area is 159 Å². The lowest BCUT2D eigenvalue weighted by Crippen LogP contribution is -2.37. The third kappa shape index (κ3) is 6.04. The monoisotopic (exact) mass is 391 g/mol. The van der Waals surface area contributed by atoms with Crippen LogP contribution in [0, 0.1) is 5.92 Å². The number of anilines is 1. The highest BCUT2D eigenvalue weighted by atomic mass is 32.1. The summed E-state index contributed by atoms with van der Waals surface area (Å²) in [5, 5.41) is 14.8. The highest BCUT2D eigenvalue weighted by Gasteiger charge is 2.19. The summed E-state index contributed by atoms with van der Waals surface area (Å²) in [4.78, 5) is 36.4. The first-order valence-electron chi connectivity index (χ1n) is 8.24. The molecule has 1 saturated heterocycles. The molecule has 1 aromatic heterocycles. The third-order valence-corrected chi connectivity index (χ3v) is 4.88. The Morgan fingerprint density at radius 3 is 2.41 bits per heavy atom. The largest absolute Gasteiger partial charge is 0.477 e. The lowest BCUT2D eigenvalue weighted by atomic mass is 9.99. The summed E-state index contributed by atoms with van der Waals surface area (Å²) in [6.07, 6.45) is 2.04. The van der Waals surface area contributed by atoms with Crippen molar-refractivity contribution < 1.29 is 19.5 Å². The van der Waals surface area contributed by atoms with E-state index in [0.717, 1.165) is 42.8 Å². The summed E-state index contributed by atoms with van der Waals surface area (Å²) >= 11 is 0.982. The van der Waals surface area contributed by atoms with Gasteiger partial charge in [-0.3, -0.25) is 10.1 Å². The van der Waals surface area contributed by atoms with Gasteiger partial charge in [-0.15, -0.1) is 11.3 Å². The number of carboxylic acid groups (broad SMARTS) is 1. The van der Waals surface area contributed by atoms with Gasteiger partial charge in [0.1, 0.15) is 5.01 Å². The molecular formula is C17H21N5O4S. The van der Waals surface area contributed by atoms with Gasteiger partial charge in [-0.05, 0) is 19.4 Å². The first kappa shape index (κ1) is 20.3. The van der Waals surface area contributed by atoms with E-state index in [1.807, 2.05) is 18.2 Å². The normalized spacial score (nSPS) is 15.9. The summed E-state index contributed by atoms with van der Waals surface area (Å²) in [5.74, 6) is -1.27. The maximum absolute atomic E-state index is 11.0. The third-order valence-electron chi connectivity index (χ3n) is 3.78. The van der Waals surface area contributed by atoms with Crippen LogP contribution in [0.2, 0.25) is 0 Å². The van der Waals surface area contributed by atoms with Crippen molar-refractivity contribution in [3.63, 3.8) is 0 Å². The number of nitrogens with zero attached hydrogens (tertiary/aromatic N) is 1. The number of rotatable bonds is 4. The second kappa shape index (κ2) is 9.64. The molecule has 144 valence electrons. The molecule has 2 aromatic rings. The molecule has 0 aliphatic carbocycles. The number of urea groups is 1. The lowest BCUT2D eigenvalue weighted by molar-refractivity contribution is -0.122. The van der Waals surface area contributed by atoms with Crippen molar-refractivity contribution in [3.8, 4) is 10.6 Å². The fourth-order valence-corrected chi connectivity index (χ4v) is 3.33. The van der Waals surface area contributed by atoms with Crippen LogP contribution in [0.4, 0.5) is 10.6 Å². The van der Waals surface area contributed by atoms with Crippen molar-refractivity contribution in [2.75, 3.05) is 18.4 Å². The molecule has 27 heavy (non-hydrogen) atoms. The summed E-state index contributed by atoms with van der Waals surface area (Å²) in [7, 11) is 0. The second-order valence-electron chi connectivity index (χ2n) is 5.80. The van der Waals surface area contributed by atoms with Gasteiger partial charge in [0.05, 0.1) is 5.92 Å². The number of nitrogens with two attached hydrogens (primary N) is 2. The van der Waals surface area contributed by atoms with Crippen LogP contribution in [0.5, 0.6) is 0 Å². The zero-order chi connectivity index (χ0) is 19.8. The maximum Gasteiger partial charge on any atom is 0.349 e. The van der Waals surface area contributed by atoms with Gasteiger partial charge in [-0.25, -0.2) is 14.6 Å². The fourth-order valence-electron chi connectivity index (χ4n) is 2.47. The first-order valence-corrected chi connectivity index (χ1v) is 9.06. The second-order valence-corrected chi connectivity index (χ2v) is 6.80. The van der Waals surface area contributed by atoms with Crippen molar-refractivity contribution >= 4 is 35.1 Å². The van der Waals surface area contributed by atoms with E-state index in [2.05, 4.69) is 15.6 Å². The smallest absolute Gasteiger partial charge is 0.349 e. The minimum atomic E-state index is -1.15. The number of piperidine rings is 1. The summed E-state index contributed by atoms with van der Waals surface area (Å²) < 4.78 is 0. The fraction of sp³-hybridized carbons (Fsp3) is 0.294. The maximum atomic E-state index is 11.0. The highest BCUT2D eigenvalue weighted by Crippen LogP contribution is 2.30. The topological polar surface area (TPSA) is 160 Å². The van der Waals surface area contributed by atoms with Gasteiger partial charge in [-0.2, -0.15) is 0 Å². The Balaban J connectivity index is 0.000000244. The average Bonchev–Trinajstić information content (AvgIpc) is 3.07. The number of carboxylic acids is 1. The highest BCUT2D eigenvalue weighted by molar-refractivity contribution is 7.17. The van der Waals surface area contributed by atoms with E-state index in [0.29, 0.717) is 5.01 Å². The zero-order valence-corrected chi connectivity index (χ0v) is 15.3. The number of aromatic carboxylic acids is 1. The van der Waals surface area contributed by atoms with E-state index in [1.54, 1.807) is 12.1 Å². The van der Waals surface area contributed by atoms with E-state index in [-0.39, 0.29) is 22.5 Å². The number of benzene rings is 1.